The van der Waals surface area contributed by atoms with E-state index in [0.29, 0.717) is 23.8 Å². The topological polar surface area (TPSA) is 58.8 Å². The molecule has 0 unspecified atom stereocenters. The van der Waals surface area contributed by atoms with E-state index in [1.54, 1.807) is 7.11 Å². The average Bonchev–Trinajstić information content (AvgIpc) is 3.19. The van der Waals surface area contributed by atoms with Gasteiger partial charge in [-0.1, -0.05) is 19.9 Å². The normalized spacial score (nSPS) is 26.4. The molecule has 0 radical (unpaired) electrons. The van der Waals surface area contributed by atoms with Gasteiger partial charge in [-0.05, 0) is 56.2 Å². The van der Waals surface area contributed by atoms with Gasteiger partial charge in [0.15, 0.2) is 0 Å². The van der Waals surface area contributed by atoms with Crippen molar-refractivity contribution in [2.75, 3.05) is 32.1 Å². The van der Waals surface area contributed by atoms with Crippen LogP contribution in [0.1, 0.15) is 33.1 Å². The Morgan fingerprint density at radius 1 is 1.35 bits per heavy atom. The number of anilines is 1. The number of carbonyl (C=O) groups is 1. The highest BCUT2D eigenvalue weighted by molar-refractivity contribution is 5.79. The summed E-state index contributed by atoms with van der Waals surface area (Å²) in [4.78, 5) is 16.8. The van der Waals surface area contributed by atoms with Gasteiger partial charge in [-0.15, -0.1) is 0 Å². The SMILES string of the molecule is COc1cccc(N2C[C@H]3CC[C@H](N(C)[C@@H](CC(C)C)C(N)=O)[C@H]3C2)c1. The van der Waals surface area contributed by atoms with E-state index >= 15 is 0 Å². The zero-order valence-electron chi connectivity index (χ0n) is 16.5. The van der Waals surface area contributed by atoms with Gasteiger partial charge in [0.05, 0.1) is 13.2 Å². The second-order valence-corrected chi connectivity index (χ2v) is 8.39. The van der Waals surface area contributed by atoms with Crippen LogP contribution in [0.5, 0.6) is 5.75 Å². The van der Waals surface area contributed by atoms with E-state index < -0.39 is 0 Å². The number of nitrogens with two attached hydrogens (primary N) is 1. The van der Waals surface area contributed by atoms with Crippen molar-refractivity contribution in [3.63, 3.8) is 0 Å². The Kier molecular flexibility index (Phi) is 5.76. The molecule has 0 aromatic heterocycles. The quantitative estimate of drug-likeness (QED) is 0.813. The van der Waals surface area contributed by atoms with E-state index in [9.17, 15) is 4.79 Å². The van der Waals surface area contributed by atoms with Crippen LogP contribution in [-0.2, 0) is 4.79 Å². The fraction of sp³-hybridized carbons (Fsp3) is 0.667. The van der Waals surface area contributed by atoms with E-state index in [4.69, 9.17) is 10.5 Å². The van der Waals surface area contributed by atoms with E-state index in [2.05, 4.69) is 48.9 Å². The molecule has 2 N–H and O–H groups in total. The molecule has 4 atom stereocenters. The molecular formula is C21H33N3O2. The number of nitrogens with zero attached hydrogens (tertiary/aromatic N) is 2. The van der Waals surface area contributed by atoms with Crippen molar-refractivity contribution in [1.82, 2.24) is 4.90 Å². The van der Waals surface area contributed by atoms with Crippen LogP contribution in [0.25, 0.3) is 0 Å². The van der Waals surface area contributed by atoms with Crippen molar-refractivity contribution in [3.8, 4) is 5.75 Å². The molecule has 1 aromatic carbocycles. The van der Waals surface area contributed by atoms with Crippen LogP contribution in [0, 0.1) is 17.8 Å². The number of fused-ring (bicyclic) bond motifs is 1. The standard InChI is InChI=1S/C21H33N3O2/c1-14(2)10-20(21(22)25)23(3)19-9-8-15-12-24(13-18(15)19)16-6-5-7-17(11-16)26-4/h5-7,11,14-15,18-20H,8-10,12-13H2,1-4H3,(H2,22,25)/t15-,18+,19+,20+/m1/s1. The van der Waals surface area contributed by atoms with Gasteiger partial charge in [0.2, 0.25) is 5.91 Å². The Hall–Kier alpha value is -1.75. The van der Waals surface area contributed by atoms with Gasteiger partial charge in [0.25, 0.3) is 0 Å². The fourth-order valence-electron chi connectivity index (χ4n) is 4.92. The zero-order valence-corrected chi connectivity index (χ0v) is 16.5. The molecule has 3 rings (SSSR count). The van der Waals surface area contributed by atoms with Gasteiger partial charge in [-0.25, -0.2) is 0 Å². The number of benzene rings is 1. The molecule has 1 heterocycles. The van der Waals surface area contributed by atoms with Crippen LogP contribution in [0.4, 0.5) is 5.69 Å². The molecule has 1 saturated heterocycles. The number of amides is 1. The number of ether oxygens (including phenoxy) is 1. The number of primary amides is 1. The monoisotopic (exact) mass is 359 g/mol. The molecule has 144 valence electrons. The van der Waals surface area contributed by atoms with Gasteiger partial charge in [0.1, 0.15) is 5.75 Å². The number of likely N-dealkylation sites (N-methyl/N-ethyl adjacent to an activating group) is 1. The summed E-state index contributed by atoms with van der Waals surface area (Å²) in [7, 11) is 3.81. The largest absolute Gasteiger partial charge is 0.497 e. The Morgan fingerprint density at radius 3 is 2.77 bits per heavy atom. The molecule has 26 heavy (non-hydrogen) atoms. The highest BCUT2D eigenvalue weighted by Gasteiger charge is 2.46. The van der Waals surface area contributed by atoms with Crippen molar-refractivity contribution in [1.29, 1.82) is 0 Å². The van der Waals surface area contributed by atoms with Gasteiger partial charge >= 0.3 is 0 Å². The summed E-state index contributed by atoms with van der Waals surface area (Å²) < 4.78 is 5.38. The first-order valence-electron chi connectivity index (χ1n) is 9.81. The molecule has 5 heteroatoms. The molecule has 2 fully saturated rings. The van der Waals surface area contributed by atoms with Crippen molar-refractivity contribution in [3.05, 3.63) is 24.3 Å². The Labute approximate surface area is 157 Å². The van der Waals surface area contributed by atoms with E-state index in [-0.39, 0.29) is 11.9 Å². The van der Waals surface area contributed by atoms with Crippen LogP contribution in [-0.4, -0.2) is 50.1 Å². The van der Waals surface area contributed by atoms with Gasteiger partial charge in [-0.2, -0.15) is 0 Å². The number of carbonyl (C=O) groups excluding carboxylic acids is 1. The first-order chi connectivity index (χ1) is 12.4. The van der Waals surface area contributed by atoms with Crippen LogP contribution < -0.4 is 15.4 Å². The summed E-state index contributed by atoms with van der Waals surface area (Å²) in [6.45, 7) is 6.44. The summed E-state index contributed by atoms with van der Waals surface area (Å²) in [5.74, 6) is 2.47. The lowest BCUT2D eigenvalue weighted by atomic mass is 9.94. The zero-order chi connectivity index (χ0) is 18.8. The predicted octanol–water partition coefficient (Wildman–Crippen LogP) is 2.74. The van der Waals surface area contributed by atoms with Gasteiger partial charge in [0, 0.05) is 30.9 Å². The Bertz CT molecular complexity index is 633. The van der Waals surface area contributed by atoms with Crippen LogP contribution in [0.3, 0.4) is 0 Å². The summed E-state index contributed by atoms with van der Waals surface area (Å²) in [6.07, 6.45) is 3.23. The van der Waals surface area contributed by atoms with Crippen molar-refractivity contribution in [2.45, 2.75) is 45.2 Å². The van der Waals surface area contributed by atoms with E-state index in [1.807, 2.05) is 6.07 Å². The minimum absolute atomic E-state index is 0.162. The lowest BCUT2D eigenvalue weighted by Crippen LogP contribution is -2.50. The average molecular weight is 360 g/mol. The third-order valence-corrected chi connectivity index (χ3v) is 6.28. The Balaban J connectivity index is 1.72. The number of hydrogen-bond donors (Lipinski definition) is 1. The van der Waals surface area contributed by atoms with Crippen LogP contribution in [0.15, 0.2) is 24.3 Å². The van der Waals surface area contributed by atoms with E-state index in [0.717, 1.165) is 25.3 Å². The first-order valence-corrected chi connectivity index (χ1v) is 9.81. The third kappa shape index (κ3) is 3.83. The maximum Gasteiger partial charge on any atom is 0.234 e. The molecular weight excluding hydrogens is 326 g/mol. The maximum absolute atomic E-state index is 12.0. The van der Waals surface area contributed by atoms with Crippen molar-refractivity contribution >= 4 is 11.6 Å². The summed E-state index contributed by atoms with van der Waals surface area (Å²) in [5, 5.41) is 0. The summed E-state index contributed by atoms with van der Waals surface area (Å²) >= 11 is 0. The van der Waals surface area contributed by atoms with Gasteiger partial charge in [-0.3, -0.25) is 9.69 Å². The number of hydrogen-bond acceptors (Lipinski definition) is 4. The molecule has 2 aliphatic rings. The Morgan fingerprint density at radius 2 is 2.12 bits per heavy atom. The smallest absolute Gasteiger partial charge is 0.234 e. The fourth-order valence-corrected chi connectivity index (χ4v) is 4.92. The highest BCUT2D eigenvalue weighted by atomic mass is 16.5. The lowest BCUT2D eigenvalue weighted by molar-refractivity contribution is -0.124. The van der Waals surface area contributed by atoms with Crippen molar-refractivity contribution in [2.24, 2.45) is 23.5 Å². The lowest BCUT2D eigenvalue weighted by Gasteiger charge is -2.35. The molecule has 1 aliphatic heterocycles. The van der Waals surface area contributed by atoms with Crippen molar-refractivity contribution < 1.29 is 9.53 Å². The third-order valence-electron chi connectivity index (χ3n) is 6.28. The second kappa shape index (κ2) is 7.87. The maximum atomic E-state index is 12.0. The molecule has 0 bridgehead atoms. The van der Waals surface area contributed by atoms with Crippen LogP contribution >= 0.6 is 0 Å². The molecule has 1 aromatic rings. The molecule has 5 nitrogen and oxygen atoms in total. The predicted molar refractivity (Wildman–Crippen MR) is 105 cm³/mol. The highest BCUT2D eigenvalue weighted by Crippen LogP contribution is 2.43. The van der Waals surface area contributed by atoms with Crippen LogP contribution in [0.2, 0.25) is 0 Å². The summed E-state index contributed by atoms with van der Waals surface area (Å²) in [6, 6.07) is 8.59. The molecule has 1 amide bonds. The van der Waals surface area contributed by atoms with Gasteiger partial charge < -0.3 is 15.4 Å². The van der Waals surface area contributed by atoms with E-state index in [1.165, 1.54) is 18.5 Å². The molecule has 1 aliphatic carbocycles. The summed E-state index contributed by atoms with van der Waals surface area (Å²) in [5.41, 5.74) is 6.97. The first kappa shape index (κ1) is 19.0. The second-order valence-electron chi connectivity index (χ2n) is 8.39. The molecule has 0 spiro atoms. The minimum Gasteiger partial charge on any atom is -0.497 e. The number of rotatable bonds is 7. The minimum atomic E-state index is -0.188. The molecule has 1 saturated carbocycles. The number of methoxy groups -OCH3 is 1.